The van der Waals surface area contributed by atoms with Crippen LogP contribution in [0.2, 0.25) is 0 Å². The molecular weight excluding hydrogens is 269 g/mol. The van der Waals surface area contributed by atoms with Crippen molar-refractivity contribution in [2.45, 2.75) is 26.3 Å². The summed E-state index contributed by atoms with van der Waals surface area (Å²) in [6.07, 6.45) is 0.354. The van der Waals surface area contributed by atoms with Crippen LogP contribution in [0.4, 0.5) is 10.1 Å². The van der Waals surface area contributed by atoms with Crippen LogP contribution in [0, 0.1) is 17.1 Å². The molecule has 1 N–H and O–H groups in total. The molecule has 0 amide bonds. The number of hydrogen-bond acceptors (Lipinski definition) is 4. The maximum atomic E-state index is 14.4. The molecule has 21 heavy (non-hydrogen) atoms. The van der Waals surface area contributed by atoms with Crippen LogP contribution in [0.1, 0.15) is 31.9 Å². The summed E-state index contributed by atoms with van der Waals surface area (Å²) in [4.78, 5) is 1.89. The van der Waals surface area contributed by atoms with Crippen LogP contribution in [0.15, 0.2) is 18.2 Å². The molecule has 1 aromatic rings. The maximum Gasteiger partial charge on any atom is 0.146 e. The molecule has 0 spiro atoms. The lowest BCUT2D eigenvalue weighted by atomic mass is 10.0. The van der Waals surface area contributed by atoms with Crippen LogP contribution in [0.25, 0.3) is 0 Å². The van der Waals surface area contributed by atoms with Gasteiger partial charge in [0.05, 0.1) is 24.8 Å². The minimum atomic E-state index is -0.258. The smallest absolute Gasteiger partial charge is 0.146 e. The Labute approximate surface area is 126 Å². The third-order valence-corrected chi connectivity index (χ3v) is 3.37. The maximum absolute atomic E-state index is 14.4. The second-order valence-electron chi connectivity index (χ2n) is 4.84. The van der Waals surface area contributed by atoms with E-state index in [1.54, 1.807) is 13.2 Å². The topological polar surface area (TPSA) is 48.3 Å². The van der Waals surface area contributed by atoms with Gasteiger partial charge < -0.3 is 15.0 Å². The summed E-state index contributed by atoms with van der Waals surface area (Å²) in [6.45, 7) is 6.40. The summed E-state index contributed by atoms with van der Waals surface area (Å²) in [6, 6.07) is 7.28. The largest absolute Gasteiger partial charge is 0.383 e. The summed E-state index contributed by atoms with van der Waals surface area (Å²) in [5.74, 6) is -0.258. The summed E-state index contributed by atoms with van der Waals surface area (Å²) < 4.78 is 19.5. The molecule has 0 aliphatic heterocycles. The number of nitriles is 1. The Hall–Kier alpha value is -1.64. The van der Waals surface area contributed by atoms with Gasteiger partial charge in [0.25, 0.3) is 0 Å². The van der Waals surface area contributed by atoms with E-state index in [4.69, 9.17) is 10.00 Å². The van der Waals surface area contributed by atoms with Crippen molar-refractivity contribution in [3.05, 3.63) is 29.6 Å². The molecule has 1 aromatic carbocycles. The van der Waals surface area contributed by atoms with E-state index in [0.717, 1.165) is 12.1 Å². The third kappa shape index (κ3) is 5.00. The van der Waals surface area contributed by atoms with Gasteiger partial charge in [-0.15, -0.1) is 0 Å². The monoisotopic (exact) mass is 293 g/mol. The predicted octanol–water partition coefficient (Wildman–Crippen LogP) is 2.86. The van der Waals surface area contributed by atoms with Crippen molar-refractivity contribution in [2.75, 3.05) is 38.3 Å². The molecule has 1 atom stereocenters. The van der Waals surface area contributed by atoms with Crippen LogP contribution in [-0.4, -0.2) is 33.4 Å². The van der Waals surface area contributed by atoms with Gasteiger partial charge in [-0.05, 0) is 25.1 Å². The molecule has 4 nitrogen and oxygen atoms in total. The molecule has 0 saturated carbocycles. The number of nitrogens with one attached hydrogen (secondary N) is 1. The molecule has 0 heterocycles. The molecule has 0 bridgehead atoms. The molecule has 0 aromatic heterocycles. The molecule has 0 aliphatic rings. The lowest BCUT2D eigenvalue weighted by Crippen LogP contribution is -2.31. The highest BCUT2D eigenvalue weighted by molar-refractivity contribution is 5.56. The summed E-state index contributed by atoms with van der Waals surface area (Å²) in [7, 11) is 1.62. The number of benzene rings is 1. The summed E-state index contributed by atoms with van der Waals surface area (Å²) in [5.41, 5.74) is 1.48. The first kappa shape index (κ1) is 17.4. The average Bonchev–Trinajstić information content (AvgIpc) is 2.48. The number of ether oxygens (including phenoxy) is 1. The van der Waals surface area contributed by atoms with Crippen molar-refractivity contribution in [1.29, 1.82) is 5.26 Å². The van der Waals surface area contributed by atoms with E-state index in [1.807, 2.05) is 24.8 Å². The van der Waals surface area contributed by atoms with Gasteiger partial charge in [-0.25, -0.2) is 4.39 Å². The number of methoxy groups -OCH3 is 1. The number of anilines is 1. The van der Waals surface area contributed by atoms with Crippen LogP contribution in [-0.2, 0) is 4.74 Å². The number of nitrogens with zero attached hydrogens (tertiary/aromatic N) is 2. The Morgan fingerprint density at radius 2 is 2.19 bits per heavy atom. The highest BCUT2D eigenvalue weighted by Crippen LogP contribution is 2.29. The molecule has 1 unspecified atom stereocenters. The van der Waals surface area contributed by atoms with Crippen molar-refractivity contribution in [2.24, 2.45) is 0 Å². The first-order valence-electron chi connectivity index (χ1n) is 7.28. The van der Waals surface area contributed by atoms with Crippen molar-refractivity contribution in [3.8, 4) is 6.07 Å². The van der Waals surface area contributed by atoms with Crippen LogP contribution in [0.3, 0.4) is 0 Å². The van der Waals surface area contributed by atoms with Gasteiger partial charge in [-0.1, -0.05) is 19.1 Å². The lowest BCUT2D eigenvalue weighted by molar-refractivity contribution is 0.205. The second-order valence-corrected chi connectivity index (χ2v) is 4.84. The van der Waals surface area contributed by atoms with Gasteiger partial charge in [-0.2, -0.15) is 5.26 Å². The second kappa shape index (κ2) is 9.32. The fourth-order valence-corrected chi connectivity index (χ4v) is 2.35. The van der Waals surface area contributed by atoms with Gasteiger partial charge in [0.2, 0.25) is 0 Å². The van der Waals surface area contributed by atoms with E-state index in [9.17, 15) is 4.39 Å². The number of rotatable bonds is 9. The fraction of sp³-hybridized carbons (Fsp3) is 0.562. The Bertz CT molecular complexity index is 473. The normalized spacial score (nSPS) is 12.0. The van der Waals surface area contributed by atoms with Gasteiger partial charge in [0.15, 0.2) is 0 Å². The van der Waals surface area contributed by atoms with Crippen LogP contribution >= 0.6 is 0 Å². The molecule has 1 rings (SSSR count). The molecule has 5 heteroatoms. The molecule has 0 radical (unpaired) electrons. The van der Waals surface area contributed by atoms with Crippen molar-refractivity contribution < 1.29 is 9.13 Å². The Balaban J connectivity index is 3.11. The van der Waals surface area contributed by atoms with Crippen molar-refractivity contribution >= 4 is 5.69 Å². The standard InChI is InChI=1S/C16H24FN3O/c1-4-19-13(2)14-7-5-8-15(17)16(14)20(10-6-9-18)11-12-21-3/h5,7-8,13,19H,4,6,10-12H2,1-3H3. The van der Waals surface area contributed by atoms with E-state index in [-0.39, 0.29) is 11.9 Å². The summed E-state index contributed by atoms with van der Waals surface area (Å²) in [5, 5.41) is 12.1. The van der Waals surface area contributed by atoms with Crippen molar-refractivity contribution in [1.82, 2.24) is 5.32 Å². The average molecular weight is 293 g/mol. The van der Waals surface area contributed by atoms with Crippen molar-refractivity contribution in [3.63, 3.8) is 0 Å². The molecular formula is C16H24FN3O. The van der Waals surface area contributed by atoms with Gasteiger partial charge in [-0.3, -0.25) is 0 Å². The Kier molecular flexibility index (Phi) is 7.73. The molecule has 116 valence electrons. The SMILES string of the molecule is CCNC(C)c1cccc(F)c1N(CCC#N)CCOC. The molecule has 0 fully saturated rings. The fourth-order valence-electron chi connectivity index (χ4n) is 2.35. The number of hydrogen-bond donors (Lipinski definition) is 1. The van der Waals surface area contributed by atoms with E-state index in [1.165, 1.54) is 6.07 Å². The third-order valence-electron chi connectivity index (χ3n) is 3.37. The molecule has 0 saturated heterocycles. The zero-order valence-electron chi connectivity index (χ0n) is 13.0. The van der Waals surface area contributed by atoms with Gasteiger partial charge >= 0.3 is 0 Å². The molecule has 0 aliphatic carbocycles. The van der Waals surface area contributed by atoms with Gasteiger partial charge in [0, 0.05) is 26.2 Å². The van der Waals surface area contributed by atoms with E-state index in [2.05, 4.69) is 11.4 Å². The highest BCUT2D eigenvalue weighted by Gasteiger charge is 2.19. The van der Waals surface area contributed by atoms with E-state index < -0.39 is 0 Å². The minimum Gasteiger partial charge on any atom is -0.383 e. The zero-order valence-corrected chi connectivity index (χ0v) is 13.0. The van der Waals surface area contributed by atoms with Gasteiger partial charge in [0.1, 0.15) is 5.82 Å². The number of halogens is 1. The predicted molar refractivity (Wildman–Crippen MR) is 82.8 cm³/mol. The Morgan fingerprint density at radius 1 is 1.43 bits per heavy atom. The first-order chi connectivity index (χ1) is 10.2. The van der Waals surface area contributed by atoms with Crippen LogP contribution < -0.4 is 10.2 Å². The minimum absolute atomic E-state index is 0.0489. The Morgan fingerprint density at radius 3 is 2.81 bits per heavy atom. The van der Waals surface area contributed by atoms with E-state index >= 15 is 0 Å². The highest BCUT2D eigenvalue weighted by atomic mass is 19.1. The lowest BCUT2D eigenvalue weighted by Gasteiger charge is -2.28. The first-order valence-corrected chi connectivity index (χ1v) is 7.28. The number of para-hydroxylation sites is 1. The van der Waals surface area contributed by atoms with Crippen LogP contribution in [0.5, 0.6) is 0 Å². The quantitative estimate of drug-likeness (QED) is 0.760. The zero-order chi connectivity index (χ0) is 15.7. The van der Waals surface area contributed by atoms with E-state index in [0.29, 0.717) is 31.8 Å². The summed E-state index contributed by atoms with van der Waals surface area (Å²) >= 11 is 0.